The number of fused-ring (bicyclic) bond motifs is 1. The molecule has 2 aromatic rings. The van der Waals surface area contributed by atoms with Crippen LogP contribution in [0.2, 0.25) is 0 Å². The molecule has 67 valence electrons. The molecule has 0 N–H and O–H groups in total. The molecular formula is C10H11N2O. The van der Waals surface area contributed by atoms with E-state index in [1.165, 1.54) is 0 Å². The van der Waals surface area contributed by atoms with Gasteiger partial charge < -0.3 is 4.74 Å². The SMILES string of the molecule is CCn1[c]c2ccc(OC)cc2n1. The van der Waals surface area contributed by atoms with Crippen LogP contribution in [0.25, 0.3) is 10.9 Å². The summed E-state index contributed by atoms with van der Waals surface area (Å²) in [6.45, 7) is 2.89. The van der Waals surface area contributed by atoms with Gasteiger partial charge in [0.25, 0.3) is 0 Å². The van der Waals surface area contributed by atoms with Crippen LogP contribution < -0.4 is 4.74 Å². The lowest BCUT2D eigenvalue weighted by molar-refractivity contribution is 0.415. The number of aryl methyl sites for hydroxylation is 1. The number of rotatable bonds is 2. The second-order valence-electron chi connectivity index (χ2n) is 2.81. The fourth-order valence-electron chi connectivity index (χ4n) is 1.26. The molecule has 3 nitrogen and oxygen atoms in total. The Hall–Kier alpha value is -1.51. The van der Waals surface area contributed by atoms with Gasteiger partial charge in [-0.3, -0.25) is 4.68 Å². The van der Waals surface area contributed by atoms with Crippen molar-refractivity contribution in [1.29, 1.82) is 0 Å². The number of hydrogen-bond acceptors (Lipinski definition) is 2. The molecule has 1 heterocycles. The normalized spacial score (nSPS) is 10.6. The minimum atomic E-state index is 0.835. The predicted octanol–water partition coefficient (Wildman–Crippen LogP) is 1.86. The van der Waals surface area contributed by atoms with Gasteiger partial charge in [0.2, 0.25) is 0 Å². The molecular weight excluding hydrogens is 164 g/mol. The summed E-state index contributed by atoms with van der Waals surface area (Å²) in [4.78, 5) is 0. The van der Waals surface area contributed by atoms with Crippen molar-refractivity contribution < 1.29 is 4.74 Å². The van der Waals surface area contributed by atoms with E-state index in [-0.39, 0.29) is 0 Å². The van der Waals surface area contributed by atoms with Gasteiger partial charge in [-0.15, -0.1) is 0 Å². The van der Waals surface area contributed by atoms with Gasteiger partial charge in [0.05, 0.1) is 18.8 Å². The van der Waals surface area contributed by atoms with Crippen molar-refractivity contribution in [3.8, 4) is 5.75 Å². The van der Waals surface area contributed by atoms with E-state index in [1.807, 2.05) is 25.1 Å². The molecule has 0 bridgehead atoms. The van der Waals surface area contributed by atoms with Crippen LogP contribution >= 0.6 is 0 Å². The molecule has 1 aromatic carbocycles. The molecule has 3 heteroatoms. The molecule has 0 aliphatic carbocycles. The smallest absolute Gasteiger partial charge is 0.121 e. The Labute approximate surface area is 76.9 Å². The summed E-state index contributed by atoms with van der Waals surface area (Å²) in [6.07, 6.45) is 3.15. The van der Waals surface area contributed by atoms with Crippen molar-refractivity contribution in [2.24, 2.45) is 0 Å². The molecule has 0 spiro atoms. The second kappa shape index (κ2) is 3.09. The first-order valence-corrected chi connectivity index (χ1v) is 4.27. The molecule has 0 saturated carbocycles. The van der Waals surface area contributed by atoms with Crippen molar-refractivity contribution >= 4 is 10.9 Å². The molecule has 0 fully saturated rings. The summed E-state index contributed by atoms with van der Waals surface area (Å²) in [5.41, 5.74) is 0.932. The highest BCUT2D eigenvalue weighted by Gasteiger charge is 2.00. The van der Waals surface area contributed by atoms with Crippen molar-refractivity contribution in [2.45, 2.75) is 13.5 Å². The Morgan fingerprint density at radius 3 is 3.08 bits per heavy atom. The zero-order chi connectivity index (χ0) is 9.26. The van der Waals surface area contributed by atoms with Crippen LogP contribution in [0.4, 0.5) is 0 Å². The van der Waals surface area contributed by atoms with Crippen molar-refractivity contribution in [3.63, 3.8) is 0 Å². The summed E-state index contributed by atoms with van der Waals surface area (Å²) in [6, 6.07) is 5.80. The number of methoxy groups -OCH3 is 1. The highest BCUT2D eigenvalue weighted by molar-refractivity contribution is 5.78. The second-order valence-corrected chi connectivity index (χ2v) is 2.81. The zero-order valence-corrected chi connectivity index (χ0v) is 7.74. The van der Waals surface area contributed by atoms with Crippen LogP contribution in [0.3, 0.4) is 0 Å². The van der Waals surface area contributed by atoms with E-state index in [0.29, 0.717) is 0 Å². The van der Waals surface area contributed by atoms with E-state index in [0.717, 1.165) is 23.2 Å². The van der Waals surface area contributed by atoms with Gasteiger partial charge in [-0.1, -0.05) is 0 Å². The Morgan fingerprint density at radius 1 is 1.54 bits per heavy atom. The molecule has 2 rings (SSSR count). The van der Waals surface area contributed by atoms with E-state index >= 15 is 0 Å². The van der Waals surface area contributed by atoms with Gasteiger partial charge in [0.1, 0.15) is 5.75 Å². The molecule has 0 aliphatic rings. The molecule has 1 aromatic heterocycles. The highest BCUT2D eigenvalue weighted by Crippen LogP contribution is 2.18. The fourth-order valence-corrected chi connectivity index (χ4v) is 1.26. The van der Waals surface area contributed by atoms with Gasteiger partial charge in [0, 0.05) is 18.0 Å². The number of aromatic nitrogens is 2. The van der Waals surface area contributed by atoms with Gasteiger partial charge in [-0.25, -0.2) is 0 Å². The van der Waals surface area contributed by atoms with E-state index in [4.69, 9.17) is 4.74 Å². The Bertz CT molecular complexity index is 418. The highest BCUT2D eigenvalue weighted by atomic mass is 16.5. The average molecular weight is 175 g/mol. The number of nitrogens with zero attached hydrogens (tertiary/aromatic N) is 2. The number of benzene rings is 1. The van der Waals surface area contributed by atoms with E-state index in [9.17, 15) is 0 Å². The number of ether oxygens (including phenoxy) is 1. The van der Waals surface area contributed by atoms with Gasteiger partial charge in [-0.05, 0) is 19.1 Å². The standard InChI is InChI=1S/C10H11N2O/c1-3-12-7-8-4-5-9(13-2)6-10(8)11-12/h4-6H,3H2,1-2H3. The monoisotopic (exact) mass is 175 g/mol. The summed E-state index contributed by atoms with van der Waals surface area (Å²) in [5, 5.41) is 5.35. The summed E-state index contributed by atoms with van der Waals surface area (Å²) in [5.74, 6) is 0.835. The largest absolute Gasteiger partial charge is 0.497 e. The third-order valence-corrected chi connectivity index (χ3v) is 1.98. The lowest BCUT2D eigenvalue weighted by Crippen LogP contribution is -1.92. The zero-order valence-electron chi connectivity index (χ0n) is 7.74. The van der Waals surface area contributed by atoms with Crippen LogP contribution in [-0.2, 0) is 6.54 Å². The Kier molecular flexibility index (Phi) is 1.93. The summed E-state index contributed by atoms with van der Waals surface area (Å²) >= 11 is 0. The van der Waals surface area contributed by atoms with E-state index in [2.05, 4.69) is 11.3 Å². The average Bonchev–Trinajstić information content (AvgIpc) is 2.58. The first-order valence-electron chi connectivity index (χ1n) is 4.27. The fraction of sp³-hybridized carbons (Fsp3) is 0.300. The number of hydrogen-bond donors (Lipinski definition) is 0. The first kappa shape index (κ1) is 8.10. The van der Waals surface area contributed by atoms with Crippen molar-refractivity contribution in [3.05, 3.63) is 24.4 Å². The van der Waals surface area contributed by atoms with Gasteiger partial charge >= 0.3 is 0 Å². The summed E-state index contributed by atoms with van der Waals surface area (Å²) in [7, 11) is 1.65. The molecule has 0 saturated heterocycles. The van der Waals surface area contributed by atoms with E-state index < -0.39 is 0 Å². The predicted molar refractivity (Wildman–Crippen MR) is 50.8 cm³/mol. The maximum atomic E-state index is 5.10. The summed E-state index contributed by atoms with van der Waals surface area (Å²) < 4.78 is 6.90. The lowest BCUT2D eigenvalue weighted by atomic mass is 10.2. The van der Waals surface area contributed by atoms with Crippen molar-refractivity contribution in [2.75, 3.05) is 7.11 Å². The molecule has 1 radical (unpaired) electrons. The minimum Gasteiger partial charge on any atom is -0.497 e. The van der Waals surface area contributed by atoms with Crippen LogP contribution in [0.15, 0.2) is 18.2 Å². The van der Waals surface area contributed by atoms with Crippen LogP contribution in [0.5, 0.6) is 5.75 Å². The molecule has 13 heavy (non-hydrogen) atoms. The molecule has 0 amide bonds. The minimum absolute atomic E-state index is 0.835. The van der Waals surface area contributed by atoms with E-state index in [1.54, 1.807) is 11.8 Å². The first-order chi connectivity index (χ1) is 6.33. The lowest BCUT2D eigenvalue weighted by Gasteiger charge is -1.96. The molecule has 0 atom stereocenters. The van der Waals surface area contributed by atoms with Crippen LogP contribution in [0, 0.1) is 6.20 Å². The molecule has 0 aliphatic heterocycles. The maximum absolute atomic E-state index is 5.10. The van der Waals surface area contributed by atoms with Crippen molar-refractivity contribution in [1.82, 2.24) is 9.78 Å². The Balaban J connectivity index is 2.57. The topological polar surface area (TPSA) is 27.1 Å². The van der Waals surface area contributed by atoms with Gasteiger partial charge in [0.15, 0.2) is 0 Å². The quantitative estimate of drug-likeness (QED) is 0.696. The third-order valence-electron chi connectivity index (χ3n) is 1.98. The third kappa shape index (κ3) is 1.37. The Morgan fingerprint density at radius 2 is 2.38 bits per heavy atom. The maximum Gasteiger partial charge on any atom is 0.121 e. The van der Waals surface area contributed by atoms with Gasteiger partial charge in [-0.2, -0.15) is 5.10 Å². The van der Waals surface area contributed by atoms with Crippen LogP contribution in [0.1, 0.15) is 6.92 Å². The molecule has 0 unspecified atom stereocenters. The van der Waals surface area contributed by atoms with Crippen LogP contribution in [-0.4, -0.2) is 16.9 Å².